The van der Waals surface area contributed by atoms with E-state index in [0.29, 0.717) is 30.5 Å². The molecule has 0 saturated carbocycles. The Bertz CT molecular complexity index is 834. The minimum absolute atomic E-state index is 0.123. The van der Waals surface area contributed by atoms with E-state index in [0.717, 1.165) is 63.4 Å². The topological polar surface area (TPSA) is 89.9 Å². The van der Waals surface area contributed by atoms with Crippen LogP contribution in [-0.2, 0) is 29.6 Å². The molecule has 1 atom stereocenters. The van der Waals surface area contributed by atoms with Gasteiger partial charge in [0.2, 0.25) is 11.8 Å². The normalized spacial score (nSPS) is 19.8. The van der Waals surface area contributed by atoms with E-state index in [2.05, 4.69) is 45.7 Å². The summed E-state index contributed by atoms with van der Waals surface area (Å²) < 4.78 is 7.59. The van der Waals surface area contributed by atoms with Crippen molar-refractivity contribution in [2.75, 3.05) is 13.1 Å². The summed E-state index contributed by atoms with van der Waals surface area (Å²) in [6.45, 7) is 8.79. The van der Waals surface area contributed by atoms with Crippen LogP contribution >= 0.6 is 0 Å². The molecular formula is C20H30N6O2. The number of aromatic nitrogens is 5. The second kappa shape index (κ2) is 7.64. The second-order valence-electron chi connectivity index (χ2n) is 9.02. The van der Waals surface area contributed by atoms with Gasteiger partial charge in [-0.2, -0.15) is 4.98 Å². The van der Waals surface area contributed by atoms with Crippen molar-refractivity contribution in [2.45, 2.75) is 83.6 Å². The maximum Gasteiger partial charge on any atom is 0.226 e. The van der Waals surface area contributed by atoms with Crippen molar-refractivity contribution in [3.8, 4) is 0 Å². The summed E-state index contributed by atoms with van der Waals surface area (Å²) in [5.41, 5.74) is -0.123. The van der Waals surface area contributed by atoms with Gasteiger partial charge in [0.25, 0.3) is 0 Å². The number of hydrogen-bond donors (Lipinski definition) is 0. The zero-order valence-electron chi connectivity index (χ0n) is 17.1. The monoisotopic (exact) mass is 386 g/mol. The van der Waals surface area contributed by atoms with E-state index in [9.17, 15) is 4.79 Å². The van der Waals surface area contributed by atoms with Crippen LogP contribution in [0.15, 0.2) is 4.52 Å². The van der Waals surface area contributed by atoms with Crippen molar-refractivity contribution < 1.29 is 9.32 Å². The molecule has 0 bridgehead atoms. The van der Waals surface area contributed by atoms with E-state index in [1.165, 1.54) is 0 Å². The van der Waals surface area contributed by atoms with Gasteiger partial charge in [0.05, 0.1) is 0 Å². The Hall–Kier alpha value is -2.25. The molecule has 2 aromatic rings. The highest BCUT2D eigenvalue weighted by Crippen LogP contribution is 2.29. The maximum absolute atomic E-state index is 12.7. The van der Waals surface area contributed by atoms with Gasteiger partial charge in [-0.3, -0.25) is 4.79 Å². The highest BCUT2D eigenvalue weighted by Gasteiger charge is 2.30. The van der Waals surface area contributed by atoms with Crippen molar-refractivity contribution in [3.05, 3.63) is 23.4 Å². The maximum atomic E-state index is 12.7. The summed E-state index contributed by atoms with van der Waals surface area (Å²) in [6, 6.07) is 0. The molecule has 28 heavy (non-hydrogen) atoms. The van der Waals surface area contributed by atoms with Crippen LogP contribution in [0.2, 0.25) is 0 Å². The summed E-state index contributed by atoms with van der Waals surface area (Å²) in [4.78, 5) is 19.2. The molecule has 8 nitrogen and oxygen atoms in total. The van der Waals surface area contributed by atoms with E-state index in [1.54, 1.807) is 0 Å². The molecule has 0 radical (unpaired) electrons. The first-order chi connectivity index (χ1) is 13.4. The molecule has 4 heterocycles. The van der Waals surface area contributed by atoms with Gasteiger partial charge in [0.15, 0.2) is 5.82 Å². The molecule has 2 aliphatic rings. The number of rotatable bonds is 5. The lowest BCUT2D eigenvalue weighted by molar-refractivity contribution is -0.132. The lowest BCUT2D eigenvalue weighted by atomic mass is 9.96. The van der Waals surface area contributed by atoms with Crippen molar-refractivity contribution >= 4 is 5.91 Å². The number of nitrogens with zero attached hydrogens (tertiary/aromatic N) is 6. The fourth-order valence-corrected chi connectivity index (χ4v) is 4.10. The van der Waals surface area contributed by atoms with Crippen LogP contribution in [-0.4, -0.2) is 48.8 Å². The average Bonchev–Trinajstić information content (AvgIpc) is 3.38. The summed E-state index contributed by atoms with van der Waals surface area (Å²) >= 11 is 0. The van der Waals surface area contributed by atoms with Crippen LogP contribution in [0.3, 0.4) is 0 Å². The van der Waals surface area contributed by atoms with E-state index < -0.39 is 0 Å². The molecule has 8 heteroatoms. The fraction of sp³-hybridized carbons (Fsp3) is 0.750. The Kier molecular flexibility index (Phi) is 5.21. The fourth-order valence-electron chi connectivity index (χ4n) is 4.10. The van der Waals surface area contributed by atoms with Crippen LogP contribution in [0.1, 0.15) is 82.2 Å². The molecule has 0 N–H and O–H groups in total. The third-order valence-electron chi connectivity index (χ3n) is 5.70. The highest BCUT2D eigenvalue weighted by molar-refractivity contribution is 5.76. The van der Waals surface area contributed by atoms with Gasteiger partial charge < -0.3 is 14.0 Å². The van der Waals surface area contributed by atoms with Crippen LogP contribution < -0.4 is 0 Å². The second-order valence-corrected chi connectivity index (χ2v) is 9.02. The number of hydrogen-bond acceptors (Lipinski definition) is 6. The Morgan fingerprint density at radius 1 is 1.21 bits per heavy atom. The van der Waals surface area contributed by atoms with Gasteiger partial charge in [0.1, 0.15) is 11.6 Å². The smallest absolute Gasteiger partial charge is 0.226 e. The van der Waals surface area contributed by atoms with Crippen molar-refractivity contribution in [2.24, 2.45) is 0 Å². The molecule has 0 spiro atoms. The third-order valence-corrected chi connectivity index (χ3v) is 5.70. The number of aryl methyl sites for hydroxylation is 2. The van der Waals surface area contributed by atoms with Crippen molar-refractivity contribution in [3.63, 3.8) is 0 Å². The molecule has 4 rings (SSSR count). The first kappa shape index (κ1) is 19.1. The molecule has 1 fully saturated rings. The Labute approximate surface area is 165 Å². The Morgan fingerprint density at radius 2 is 2.07 bits per heavy atom. The number of likely N-dealkylation sites (tertiary alicyclic amines) is 1. The molecule has 1 amide bonds. The third kappa shape index (κ3) is 3.95. The van der Waals surface area contributed by atoms with E-state index in [1.807, 2.05) is 4.90 Å². The molecule has 2 aromatic heterocycles. The standard InChI is InChI=1S/C20H30N6O2/c1-20(2,3)19-21-16(28-24-19)9-4-10-17(27)25-11-5-7-14(13-25)18-23-22-15-8-6-12-26(15)18/h14H,4-13H2,1-3H3. The van der Waals surface area contributed by atoms with Crippen LogP contribution in [0.4, 0.5) is 0 Å². The van der Waals surface area contributed by atoms with Crippen molar-refractivity contribution in [1.29, 1.82) is 0 Å². The first-order valence-corrected chi connectivity index (χ1v) is 10.4. The van der Waals surface area contributed by atoms with E-state index in [4.69, 9.17) is 4.52 Å². The van der Waals surface area contributed by atoms with Gasteiger partial charge >= 0.3 is 0 Å². The first-order valence-electron chi connectivity index (χ1n) is 10.4. The van der Waals surface area contributed by atoms with Crippen LogP contribution in [0.25, 0.3) is 0 Å². The quantitative estimate of drug-likeness (QED) is 0.785. The minimum atomic E-state index is -0.123. The summed E-state index contributed by atoms with van der Waals surface area (Å²) in [7, 11) is 0. The molecule has 0 aliphatic carbocycles. The SMILES string of the molecule is CC(C)(C)c1noc(CCCC(=O)N2CCCC(c3nnc4n3CCC4)C2)n1. The van der Waals surface area contributed by atoms with E-state index in [-0.39, 0.29) is 11.3 Å². The molecular weight excluding hydrogens is 356 g/mol. The molecule has 0 aromatic carbocycles. The largest absolute Gasteiger partial charge is 0.342 e. The Balaban J connectivity index is 1.29. The Morgan fingerprint density at radius 3 is 2.86 bits per heavy atom. The van der Waals surface area contributed by atoms with Crippen LogP contribution in [0, 0.1) is 0 Å². The number of fused-ring (bicyclic) bond motifs is 1. The van der Waals surface area contributed by atoms with Gasteiger partial charge in [-0.15, -0.1) is 10.2 Å². The number of carbonyl (C=O) groups excluding carboxylic acids is 1. The van der Waals surface area contributed by atoms with Crippen molar-refractivity contribution in [1.82, 2.24) is 29.8 Å². The summed E-state index contributed by atoms with van der Waals surface area (Å²) in [5.74, 6) is 4.03. The predicted molar refractivity (Wildman–Crippen MR) is 103 cm³/mol. The number of carbonyl (C=O) groups is 1. The van der Waals surface area contributed by atoms with Gasteiger partial charge in [0, 0.05) is 50.2 Å². The predicted octanol–water partition coefficient (Wildman–Crippen LogP) is 2.63. The van der Waals surface area contributed by atoms with Gasteiger partial charge in [-0.05, 0) is 25.7 Å². The lowest BCUT2D eigenvalue weighted by Gasteiger charge is -2.32. The molecule has 1 unspecified atom stereocenters. The summed E-state index contributed by atoms with van der Waals surface area (Å²) in [6.07, 6.45) is 6.17. The number of amides is 1. The zero-order valence-corrected chi connectivity index (χ0v) is 17.1. The molecule has 2 aliphatic heterocycles. The van der Waals surface area contributed by atoms with Crippen LogP contribution in [0.5, 0.6) is 0 Å². The molecule has 1 saturated heterocycles. The van der Waals surface area contributed by atoms with Gasteiger partial charge in [-0.1, -0.05) is 25.9 Å². The van der Waals surface area contributed by atoms with Gasteiger partial charge in [-0.25, -0.2) is 0 Å². The minimum Gasteiger partial charge on any atom is -0.342 e. The molecule has 152 valence electrons. The zero-order chi connectivity index (χ0) is 19.7. The lowest BCUT2D eigenvalue weighted by Crippen LogP contribution is -2.39. The van der Waals surface area contributed by atoms with E-state index >= 15 is 0 Å². The number of piperidine rings is 1. The highest BCUT2D eigenvalue weighted by atomic mass is 16.5. The summed E-state index contributed by atoms with van der Waals surface area (Å²) in [5, 5.41) is 12.8. The average molecular weight is 387 g/mol.